The molecule has 16 heteroatoms. The summed E-state index contributed by atoms with van der Waals surface area (Å²) in [5, 5.41) is 1.19. The van der Waals surface area contributed by atoms with E-state index in [2.05, 4.69) is 9.71 Å². The highest BCUT2D eigenvalue weighted by atomic mass is 35.5. The molecule has 1 unspecified atom stereocenters. The first-order valence-corrected chi connectivity index (χ1v) is 15.5. The standard InChI is InChI=1S/C27H26ClFN6O6S2/c1-35(2,27(25(30)37)41-15-36)14-23-31-8-10-33(23)18-5-6-21(19(29)13-18)34-9-7-20(26(34)38)32-43(39,40)24-11-16-3-4-17(28)12-22(16)42-24/h3-6,8,10-13,15,20,27,32H,7,9,14H2,1-2H3,(H-,30,37)/p+1/t20-,27?/m0/s1. The molecule has 226 valence electrons. The van der Waals surface area contributed by atoms with Gasteiger partial charge in [0.25, 0.3) is 16.5 Å². The molecule has 0 aliphatic carbocycles. The van der Waals surface area contributed by atoms with Gasteiger partial charge in [0.05, 0.1) is 19.8 Å². The molecule has 1 fully saturated rings. The van der Waals surface area contributed by atoms with Crippen LogP contribution in [0.4, 0.5) is 10.1 Å². The van der Waals surface area contributed by atoms with Gasteiger partial charge in [-0.2, -0.15) is 4.72 Å². The fourth-order valence-electron chi connectivity index (χ4n) is 5.01. The minimum Gasteiger partial charge on any atom is -0.405 e. The van der Waals surface area contributed by atoms with Crippen molar-refractivity contribution in [3.8, 4) is 5.69 Å². The second-order valence-corrected chi connectivity index (χ2v) is 13.9. The number of aromatic nitrogens is 2. The zero-order valence-corrected chi connectivity index (χ0v) is 25.3. The van der Waals surface area contributed by atoms with Crippen LogP contribution in [0.3, 0.4) is 0 Å². The quantitative estimate of drug-likeness (QED) is 0.144. The van der Waals surface area contributed by atoms with Crippen LogP contribution in [0.15, 0.2) is 59.1 Å². The molecule has 3 heterocycles. The summed E-state index contributed by atoms with van der Waals surface area (Å²) in [4.78, 5) is 41.5. The van der Waals surface area contributed by atoms with Crippen molar-refractivity contribution in [2.75, 3.05) is 25.5 Å². The molecule has 1 aliphatic heterocycles. The lowest BCUT2D eigenvalue weighted by Crippen LogP contribution is -2.56. The topological polar surface area (TPSA) is 154 Å². The molecule has 4 aromatic rings. The summed E-state index contributed by atoms with van der Waals surface area (Å²) in [5.74, 6) is -1.69. The summed E-state index contributed by atoms with van der Waals surface area (Å²) in [6.07, 6.45) is 1.97. The van der Waals surface area contributed by atoms with Crippen LogP contribution in [0, 0.1) is 5.82 Å². The Bertz CT molecular complexity index is 1840. The number of likely N-dealkylation sites (N-methyl/N-ethyl adjacent to an activating group) is 1. The number of carbonyl (C=O) groups is 3. The number of sulfonamides is 1. The number of halogens is 2. The highest BCUT2D eigenvalue weighted by molar-refractivity contribution is 7.91. The van der Waals surface area contributed by atoms with E-state index in [1.807, 2.05) is 0 Å². The van der Waals surface area contributed by atoms with E-state index in [4.69, 9.17) is 22.1 Å². The minimum atomic E-state index is -4.02. The second-order valence-electron chi connectivity index (χ2n) is 10.5. The lowest BCUT2D eigenvalue weighted by atomic mass is 10.2. The van der Waals surface area contributed by atoms with Crippen LogP contribution < -0.4 is 15.4 Å². The third-order valence-electron chi connectivity index (χ3n) is 7.06. The number of primary amides is 1. The molecule has 0 saturated carbocycles. The number of carbonyl (C=O) groups excluding carboxylic acids is 3. The van der Waals surface area contributed by atoms with E-state index >= 15 is 4.39 Å². The Morgan fingerprint density at radius 3 is 2.77 bits per heavy atom. The fourth-order valence-corrected chi connectivity index (χ4v) is 7.93. The molecule has 12 nitrogen and oxygen atoms in total. The predicted octanol–water partition coefficient (Wildman–Crippen LogP) is 2.52. The van der Waals surface area contributed by atoms with Gasteiger partial charge in [0.15, 0.2) is 5.82 Å². The zero-order chi connectivity index (χ0) is 31.1. The predicted molar refractivity (Wildman–Crippen MR) is 157 cm³/mol. The van der Waals surface area contributed by atoms with Gasteiger partial charge in [-0.3, -0.25) is 23.4 Å². The minimum absolute atomic E-state index is 0.00194. The number of fused-ring (bicyclic) bond motifs is 1. The van der Waals surface area contributed by atoms with Gasteiger partial charge in [-0.05, 0) is 42.1 Å². The molecule has 43 heavy (non-hydrogen) atoms. The average molecular weight is 650 g/mol. The number of ether oxygens (including phenoxy) is 1. The molecule has 2 aromatic heterocycles. The maximum Gasteiger partial charge on any atom is 0.318 e. The molecule has 2 amide bonds. The second kappa shape index (κ2) is 11.7. The van der Waals surface area contributed by atoms with Crippen molar-refractivity contribution in [2.45, 2.75) is 29.4 Å². The maximum atomic E-state index is 15.5. The van der Waals surface area contributed by atoms with Gasteiger partial charge < -0.3 is 15.4 Å². The van der Waals surface area contributed by atoms with Crippen molar-refractivity contribution in [3.63, 3.8) is 0 Å². The number of hydrogen-bond acceptors (Lipinski definition) is 8. The SMILES string of the molecule is C[N+](C)(Cc1nccn1-c1ccc(N2CC[C@H](NS(=O)(=O)c3cc4ccc(Cl)cc4s3)C2=O)c(F)c1)C(OC=O)C(N)=O. The highest BCUT2D eigenvalue weighted by Gasteiger charge is 2.38. The van der Waals surface area contributed by atoms with Crippen molar-refractivity contribution in [1.29, 1.82) is 0 Å². The van der Waals surface area contributed by atoms with E-state index in [9.17, 15) is 22.8 Å². The molecule has 3 N–H and O–H groups in total. The monoisotopic (exact) mass is 649 g/mol. The van der Waals surface area contributed by atoms with Crippen molar-refractivity contribution in [2.24, 2.45) is 5.73 Å². The van der Waals surface area contributed by atoms with Gasteiger partial charge in [0.2, 0.25) is 5.91 Å². The number of hydrogen-bond donors (Lipinski definition) is 2. The molecule has 0 bridgehead atoms. The van der Waals surface area contributed by atoms with E-state index in [1.54, 1.807) is 49.1 Å². The first kappa shape index (κ1) is 30.6. The molecule has 0 radical (unpaired) electrons. The molecular weight excluding hydrogens is 623 g/mol. The Morgan fingerprint density at radius 1 is 1.30 bits per heavy atom. The number of thiophene rings is 1. The van der Waals surface area contributed by atoms with Gasteiger partial charge in [0.1, 0.15) is 22.6 Å². The van der Waals surface area contributed by atoms with Gasteiger partial charge in [-0.15, -0.1) is 11.3 Å². The van der Waals surface area contributed by atoms with Crippen LogP contribution in [0.2, 0.25) is 5.02 Å². The van der Waals surface area contributed by atoms with Crippen molar-refractivity contribution in [3.05, 3.63) is 71.5 Å². The first-order chi connectivity index (χ1) is 20.3. The smallest absolute Gasteiger partial charge is 0.318 e. The number of benzene rings is 2. The van der Waals surface area contributed by atoms with Crippen LogP contribution >= 0.6 is 22.9 Å². The van der Waals surface area contributed by atoms with Gasteiger partial charge >= 0.3 is 12.1 Å². The molecule has 1 saturated heterocycles. The first-order valence-electron chi connectivity index (χ1n) is 12.9. The van der Waals surface area contributed by atoms with Crippen LogP contribution in [-0.4, -0.2) is 73.6 Å². The van der Waals surface area contributed by atoms with Crippen LogP contribution in [-0.2, 0) is 35.7 Å². The number of rotatable bonds is 11. The van der Waals surface area contributed by atoms with Crippen molar-refractivity contribution >= 4 is 67.0 Å². The normalized spacial score (nSPS) is 16.5. The van der Waals surface area contributed by atoms with E-state index in [0.29, 0.717) is 26.6 Å². The third kappa shape index (κ3) is 6.12. The van der Waals surface area contributed by atoms with Crippen LogP contribution in [0.25, 0.3) is 15.8 Å². The molecule has 2 atom stereocenters. The van der Waals surface area contributed by atoms with E-state index in [-0.39, 0.29) is 40.4 Å². The van der Waals surface area contributed by atoms with E-state index in [0.717, 1.165) is 11.3 Å². The number of imidazole rings is 1. The average Bonchev–Trinajstić information content (AvgIpc) is 3.66. The fraction of sp³-hybridized carbons (Fsp3) is 0.259. The lowest BCUT2D eigenvalue weighted by Gasteiger charge is -2.33. The zero-order valence-electron chi connectivity index (χ0n) is 22.9. The Kier molecular flexibility index (Phi) is 8.28. The third-order valence-corrected chi connectivity index (χ3v) is 10.3. The van der Waals surface area contributed by atoms with Gasteiger partial charge in [0, 0.05) is 40.4 Å². The number of nitrogens with zero attached hydrogens (tertiary/aromatic N) is 4. The maximum absolute atomic E-state index is 15.5. The largest absolute Gasteiger partial charge is 0.405 e. The Hall–Kier alpha value is -3.89. The highest BCUT2D eigenvalue weighted by Crippen LogP contribution is 2.32. The molecule has 1 aliphatic rings. The molecule has 0 spiro atoms. The van der Waals surface area contributed by atoms with Crippen LogP contribution in [0.5, 0.6) is 0 Å². The van der Waals surface area contributed by atoms with Crippen molar-refractivity contribution < 1.29 is 36.4 Å². The Balaban J connectivity index is 1.32. The van der Waals surface area contributed by atoms with E-state index < -0.39 is 39.9 Å². The summed E-state index contributed by atoms with van der Waals surface area (Å²) in [6, 6.07) is 9.74. The van der Waals surface area contributed by atoms with Crippen molar-refractivity contribution in [1.82, 2.24) is 14.3 Å². The van der Waals surface area contributed by atoms with Gasteiger partial charge in [-0.1, -0.05) is 17.7 Å². The molecule has 5 rings (SSSR count). The summed E-state index contributed by atoms with van der Waals surface area (Å²) in [6.45, 7) is 0.347. The Morgan fingerprint density at radius 2 is 2.07 bits per heavy atom. The number of anilines is 1. The summed E-state index contributed by atoms with van der Waals surface area (Å²) in [5.41, 5.74) is 5.78. The van der Waals surface area contributed by atoms with Gasteiger partial charge in [-0.25, -0.2) is 17.8 Å². The summed E-state index contributed by atoms with van der Waals surface area (Å²) < 4.78 is 51.1. The summed E-state index contributed by atoms with van der Waals surface area (Å²) >= 11 is 7.05. The number of quaternary nitrogens is 1. The van der Waals surface area contributed by atoms with E-state index in [1.165, 1.54) is 29.3 Å². The Labute approximate surface area is 255 Å². The van der Waals surface area contributed by atoms with Crippen LogP contribution in [0.1, 0.15) is 12.2 Å². The lowest BCUT2D eigenvalue weighted by molar-refractivity contribution is -0.937. The summed E-state index contributed by atoms with van der Waals surface area (Å²) in [7, 11) is -0.770. The number of nitrogens with one attached hydrogen (secondary N) is 1. The molecule has 2 aromatic carbocycles. The number of amides is 2. The molecular formula is C27H27ClFN6O6S2+. The number of nitrogens with two attached hydrogens (primary N) is 1.